The fourth-order valence-corrected chi connectivity index (χ4v) is 9.67. The van der Waals surface area contributed by atoms with Crippen molar-refractivity contribution in [1.82, 2.24) is 10.2 Å². The van der Waals surface area contributed by atoms with Crippen LogP contribution in [0.1, 0.15) is 143 Å². The largest absolute Gasteiger partial charge is 0.480 e. The van der Waals surface area contributed by atoms with Gasteiger partial charge in [0.15, 0.2) is 0 Å². The second-order valence-corrected chi connectivity index (χ2v) is 20.1. The Bertz CT molecular complexity index is 1650. The molecule has 54 heavy (non-hydrogen) atoms. The highest BCUT2D eigenvalue weighted by Gasteiger charge is 2.44. The molecule has 2 aromatic rings. The third-order valence-electron chi connectivity index (χ3n) is 9.29. The van der Waals surface area contributed by atoms with E-state index in [0.717, 1.165) is 33.4 Å². The first-order chi connectivity index (χ1) is 24.8. The number of carboxylic acids is 1. The minimum absolute atomic E-state index is 0.0518. The smallest absolute Gasteiger partial charge is 0.342 e. The summed E-state index contributed by atoms with van der Waals surface area (Å²) in [6.07, 6.45) is -0.949. The first-order valence-electron chi connectivity index (χ1n) is 18.8. The molecule has 14 heteroatoms. The number of carbonyl (C=O) groups is 2. The average molecular weight is 797 g/mol. The molecule has 0 fully saturated rings. The molecule has 3 N–H and O–H groups in total. The second-order valence-electron chi connectivity index (χ2n) is 16.1. The van der Waals surface area contributed by atoms with Crippen LogP contribution >= 0.6 is 15.0 Å². The SMILES string of the molecule is COCP(=O)(N[C@@H](C)C(=O)OC(C)C)Oc1c(C(C)C)cc(-c2cc(C(C)C)c(OP(=O)(COC)NC(C)(C(=O)O)C(C)C)c(C(C)C)c2)cc1C(C)C. The summed E-state index contributed by atoms with van der Waals surface area (Å²) >= 11 is 0. The van der Waals surface area contributed by atoms with Gasteiger partial charge in [0.05, 0.1) is 6.10 Å². The lowest BCUT2D eigenvalue weighted by atomic mass is 9.86. The van der Waals surface area contributed by atoms with Gasteiger partial charge in [0.2, 0.25) is 0 Å². The number of hydrogen-bond donors (Lipinski definition) is 3. The molecule has 0 aliphatic rings. The van der Waals surface area contributed by atoms with Crippen LogP contribution in [0.25, 0.3) is 11.1 Å². The van der Waals surface area contributed by atoms with Crippen molar-refractivity contribution in [3.8, 4) is 22.6 Å². The number of esters is 1. The second kappa shape index (κ2) is 19.4. The summed E-state index contributed by atoms with van der Waals surface area (Å²) in [6, 6.07) is 7.18. The predicted molar refractivity (Wildman–Crippen MR) is 216 cm³/mol. The van der Waals surface area contributed by atoms with Crippen molar-refractivity contribution in [3.63, 3.8) is 0 Å². The lowest BCUT2D eigenvalue weighted by molar-refractivity contribution is -0.149. The molecule has 306 valence electrons. The number of rotatable bonds is 21. The standard InChI is InChI=1S/C40H66N2O10P2/c1-23(2)32-17-30(18-33(24(3)4)36(32)51-53(46,21-48-15)41-29(13)38(43)50-28(11)12)31-19-34(25(5)6)37(35(20-31)26(7)8)52-54(47,22-49-16)42-40(14,27(9)10)39(44)45/h17-20,23-29H,21-22H2,1-16H3,(H,41,46)(H,42,47)(H,44,45)/t29-,40?,53?,54?/m0/s1. The van der Waals surface area contributed by atoms with Gasteiger partial charge in [0.1, 0.15) is 35.8 Å². The number of methoxy groups -OCH3 is 2. The van der Waals surface area contributed by atoms with Crippen LogP contribution in [-0.4, -0.2) is 61.6 Å². The van der Waals surface area contributed by atoms with Gasteiger partial charge in [-0.1, -0.05) is 69.2 Å². The topological polar surface area (TPSA) is 159 Å². The summed E-state index contributed by atoms with van der Waals surface area (Å²) < 4.78 is 57.8. The zero-order valence-electron chi connectivity index (χ0n) is 35.3. The van der Waals surface area contributed by atoms with Gasteiger partial charge in [-0.3, -0.25) is 18.7 Å². The molecule has 0 spiro atoms. The monoisotopic (exact) mass is 796 g/mol. The van der Waals surface area contributed by atoms with E-state index in [1.807, 2.05) is 79.7 Å². The molecule has 2 aromatic carbocycles. The quantitative estimate of drug-likeness (QED) is 0.0812. The van der Waals surface area contributed by atoms with Gasteiger partial charge < -0.3 is 28.4 Å². The molecular formula is C40H66N2O10P2. The van der Waals surface area contributed by atoms with Crippen LogP contribution in [0.4, 0.5) is 0 Å². The Balaban J connectivity index is 2.87. The van der Waals surface area contributed by atoms with Crippen LogP contribution in [0.2, 0.25) is 0 Å². The molecule has 0 saturated carbocycles. The highest BCUT2D eigenvalue weighted by atomic mass is 31.2. The van der Waals surface area contributed by atoms with Crippen LogP contribution in [-0.2, 0) is 32.9 Å². The minimum atomic E-state index is -3.93. The minimum Gasteiger partial charge on any atom is -0.480 e. The Morgan fingerprint density at radius 2 is 1.02 bits per heavy atom. The third kappa shape index (κ3) is 11.9. The van der Waals surface area contributed by atoms with Crippen molar-refractivity contribution in [1.29, 1.82) is 0 Å². The van der Waals surface area contributed by atoms with E-state index in [1.165, 1.54) is 21.1 Å². The molecule has 0 aliphatic heterocycles. The van der Waals surface area contributed by atoms with Crippen LogP contribution in [0, 0.1) is 5.92 Å². The zero-order chi connectivity index (χ0) is 41.5. The maximum absolute atomic E-state index is 14.5. The summed E-state index contributed by atoms with van der Waals surface area (Å²) in [7, 11) is -4.89. The molecule has 0 bridgehead atoms. The van der Waals surface area contributed by atoms with Gasteiger partial charge in [0.25, 0.3) is 0 Å². The van der Waals surface area contributed by atoms with E-state index in [2.05, 4.69) is 10.2 Å². The van der Waals surface area contributed by atoms with Gasteiger partial charge in [-0.25, -0.2) is 10.2 Å². The van der Waals surface area contributed by atoms with E-state index in [-0.39, 0.29) is 42.5 Å². The van der Waals surface area contributed by atoms with Gasteiger partial charge in [-0.05, 0) is 115 Å². The first kappa shape index (κ1) is 47.4. The van der Waals surface area contributed by atoms with Gasteiger partial charge in [-0.2, -0.15) is 0 Å². The molecule has 12 nitrogen and oxygen atoms in total. The number of hydrogen-bond acceptors (Lipinski definition) is 9. The van der Waals surface area contributed by atoms with Gasteiger partial charge in [0, 0.05) is 14.2 Å². The van der Waals surface area contributed by atoms with Crippen LogP contribution in [0.5, 0.6) is 11.5 Å². The normalized spacial score (nSPS) is 16.1. The van der Waals surface area contributed by atoms with E-state index in [4.69, 9.17) is 23.3 Å². The fourth-order valence-electron chi connectivity index (χ4n) is 5.87. The molecule has 0 aromatic heterocycles. The Labute approximate surface area is 323 Å². The first-order valence-corrected chi connectivity index (χ1v) is 22.4. The maximum Gasteiger partial charge on any atom is 0.342 e. The van der Waals surface area contributed by atoms with Gasteiger partial charge >= 0.3 is 27.0 Å². The molecule has 3 unspecified atom stereocenters. The van der Waals surface area contributed by atoms with Crippen molar-refractivity contribution in [2.45, 2.75) is 138 Å². The lowest BCUT2D eigenvalue weighted by Gasteiger charge is -2.35. The number of aliphatic carboxylic acids is 1. The molecule has 0 aliphatic carbocycles. The number of carboxylic acid groups (broad SMARTS) is 1. The van der Waals surface area contributed by atoms with E-state index in [9.17, 15) is 23.8 Å². The van der Waals surface area contributed by atoms with Crippen molar-refractivity contribution in [3.05, 3.63) is 46.5 Å². The highest BCUT2D eigenvalue weighted by Crippen LogP contribution is 2.53. The van der Waals surface area contributed by atoms with Crippen LogP contribution < -0.4 is 19.2 Å². The fraction of sp³-hybridized carbons (Fsp3) is 0.650. The zero-order valence-corrected chi connectivity index (χ0v) is 37.1. The van der Waals surface area contributed by atoms with E-state index < -0.39 is 44.5 Å². The molecular weight excluding hydrogens is 730 g/mol. The number of nitrogens with one attached hydrogen (secondary N) is 2. The van der Waals surface area contributed by atoms with E-state index in [1.54, 1.807) is 34.6 Å². The van der Waals surface area contributed by atoms with Crippen molar-refractivity contribution < 1.29 is 47.1 Å². The predicted octanol–water partition coefficient (Wildman–Crippen LogP) is 10.2. The number of ether oxygens (including phenoxy) is 3. The highest BCUT2D eigenvalue weighted by molar-refractivity contribution is 7.57. The lowest BCUT2D eigenvalue weighted by Crippen LogP contribution is -2.52. The van der Waals surface area contributed by atoms with Crippen molar-refractivity contribution in [2.75, 3.05) is 26.9 Å². The molecule has 2 rings (SSSR count). The van der Waals surface area contributed by atoms with E-state index >= 15 is 0 Å². The Morgan fingerprint density at radius 3 is 1.31 bits per heavy atom. The summed E-state index contributed by atoms with van der Waals surface area (Å²) in [5, 5.41) is 15.9. The number of benzene rings is 2. The average Bonchev–Trinajstić information content (AvgIpc) is 3.03. The molecule has 0 heterocycles. The van der Waals surface area contributed by atoms with E-state index in [0.29, 0.717) is 11.5 Å². The summed E-state index contributed by atoms with van der Waals surface area (Å²) in [4.78, 5) is 25.1. The van der Waals surface area contributed by atoms with Gasteiger partial charge in [-0.15, -0.1) is 0 Å². The summed E-state index contributed by atoms with van der Waals surface area (Å²) in [6.45, 7) is 26.3. The summed E-state index contributed by atoms with van der Waals surface area (Å²) in [5.74, 6) is -1.46. The van der Waals surface area contributed by atoms with Crippen molar-refractivity contribution >= 4 is 27.0 Å². The Hall–Kier alpha value is -2.72. The molecule has 0 amide bonds. The van der Waals surface area contributed by atoms with Crippen molar-refractivity contribution in [2.24, 2.45) is 5.92 Å². The van der Waals surface area contributed by atoms with Crippen LogP contribution in [0.3, 0.4) is 0 Å². The third-order valence-corrected chi connectivity index (χ3v) is 13.0. The maximum atomic E-state index is 14.5. The Kier molecular flexibility index (Phi) is 17.1. The summed E-state index contributed by atoms with van der Waals surface area (Å²) in [5.41, 5.74) is 3.46. The van der Waals surface area contributed by atoms with Crippen LogP contribution in [0.15, 0.2) is 24.3 Å². The molecule has 4 atom stereocenters. The molecule has 0 radical (unpaired) electrons. The Morgan fingerprint density at radius 1 is 0.667 bits per heavy atom. The number of carbonyl (C=O) groups excluding carboxylic acids is 1. The molecule has 0 saturated heterocycles.